The third-order valence-electron chi connectivity index (χ3n) is 3.57. The maximum absolute atomic E-state index is 2.40. The highest BCUT2D eigenvalue weighted by Gasteiger charge is 1.91. The lowest BCUT2D eigenvalue weighted by Crippen LogP contribution is -1.78. The van der Waals surface area contributed by atoms with Gasteiger partial charge in [-0.2, -0.15) is 0 Å². The first kappa shape index (κ1) is 14.5. The highest BCUT2D eigenvalue weighted by Crippen LogP contribution is 2.11. The highest BCUT2D eigenvalue weighted by atomic mass is 14.0. The summed E-state index contributed by atoms with van der Waals surface area (Å²) in [5.74, 6) is 0. The molecule has 0 aromatic carbocycles. The van der Waals surface area contributed by atoms with Gasteiger partial charge in [0.2, 0.25) is 0 Å². The van der Waals surface area contributed by atoms with E-state index >= 15 is 0 Å². The minimum Gasteiger partial charge on any atom is -0.0885 e. The second kappa shape index (κ2) is 12.0. The molecule has 0 heterocycles. The fourth-order valence-electron chi connectivity index (χ4n) is 2.40. The van der Waals surface area contributed by atoms with E-state index in [9.17, 15) is 0 Å². The Morgan fingerprint density at radius 1 is 0.294 bits per heavy atom. The van der Waals surface area contributed by atoms with Gasteiger partial charge in [-0.25, -0.2) is 0 Å². The Hall–Kier alpha value is -0.520. The molecular weight excluding hydrogens is 204 g/mol. The van der Waals surface area contributed by atoms with Gasteiger partial charge < -0.3 is 0 Å². The van der Waals surface area contributed by atoms with Gasteiger partial charge >= 0.3 is 0 Å². The van der Waals surface area contributed by atoms with Crippen LogP contribution in [0.1, 0.15) is 83.5 Å². The van der Waals surface area contributed by atoms with Crippen LogP contribution < -0.4 is 0 Å². The largest absolute Gasteiger partial charge is 0.0885 e. The molecule has 0 bridgehead atoms. The number of rotatable bonds is 0. The van der Waals surface area contributed by atoms with Crippen molar-refractivity contribution in [2.24, 2.45) is 0 Å². The Balaban J connectivity index is 2.13. The zero-order chi connectivity index (χ0) is 12.0. The molecule has 0 atom stereocenters. The smallest absolute Gasteiger partial charge is 0.0351 e. The van der Waals surface area contributed by atoms with Crippen LogP contribution in [0.4, 0.5) is 0 Å². The molecule has 0 aliphatic heterocycles. The summed E-state index contributed by atoms with van der Waals surface area (Å²) in [7, 11) is 0. The van der Waals surface area contributed by atoms with Gasteiger partial charge in [0.15, 0.2) is 0 Å². The van der Waals surface area contributed by atoms with E-state index in [1.165, 1.54) is 83.5 Å². The zero-order valence-corrected chi connectivity index (χ0v) is 11.5. The van der Waals surface area contributed by atoms with Crippen LogP contribution in [0.15, 0.2) is 24.3 Å². The van der Waals surface area contributed by atoms with Gasteiger partial charge in [-0.05, 0) is 51.4 Å². The maximum atomic E-state index is 2.40. The minimum absolute atomic E-state index is 1.30. The molecular formula is C17H30. The molecule has 0 radical (unpaired) electrons. The molecule has 0 amide bonds. The summed E-state index contributed by atoms with van der Waals surface area (Å²) in [6, 6.07) is 0. The van der Waals surface area contributed by atoms with Crippen LogP contribution in [-0.4, -0.2) is 0 Å². The van der Waals surface area contributed by atoms with E-state index in [2.05, 4.69) is 24.3 Å². The van der Waals surface area contributed by atoms with Gasteiger partial charge in [-0.1, -0.05) is 56.4 Å². The third-order valence-corrected chi connectivity index (χ3v) is 3.57. The standard InChI is InChI=1S/C17H30/c1-2-4-6-8-10-12-14-16-17-15-13-11-9-7-5-3-1/h1-2,15,17H,3-14,16H2/b2-1-,17-15+. The summed E-state index contributed by atoms with van der Waals surface area (Å²) in [5, 5.41) is 0. The highest BCUT2D eigenvalue weighted by molar-refractivity contribution is 4.83. The van der Waals surface area contributed by atoms with Gasteiger partial charge in [-0.3, -0.25) is 0 Å². The van der Waals surface area contributed by atoms with E-state index < -0.39 is 0 Å². The molecule has 17 heavy (non-hydrogen) atoms. The van der Waals surface area contributed by atoms with Crippen molar-refractivity contribution in [2.45, 2.75) is 83.5 Å². The predicted octanol–water partition coefficient (Wildman–Crippen LogP) is 6.18. The molecule has 0 aromatic rings. The SMILES string of the molecule is C1=C\CCCCCCC/C=C/CCCCCC/1. The van der Waals surface area contributed by atoms with Crippen LogP contribution in [0.3, 0.4) is 0 Å². The van der Waals surface area contributed by atoms with Crippen LogP contribution >= 0.6 is 0 Å². The van der Waals surface area contributed by atoms with Crippen LogP contribution in [0.2, 0.25) is 0 Å². The maximum Gasteiger partial charge on any atom is -0.0351 e. The van der Waals surface area contributed by atoms with Crippen LogP contribution in [0.25, 0.3) is 0 Å². The minimum atomic E-state index is 1.30. The van der Waals surface area contributed by atoms with Crippen LogP contribution in [0, 0.1) is 0 Å². The van der Waals surface area contributed by atoms with E-state index in [4.69, 9.17) is 0 Å². The summed E-state index contributed by atoms with van der Waals surface area (Å²) >= 11 is 0. The van der Waals surface area contributed by atoms with Gasteiger partial charge in [0.1, 0.15) is 0 Å². The van der Waals surface area contributed by atoms with Crippen LogP contribution in [0.5, 0.6) is 0 Å². The van der Waals surface area contributed by atoms with E-state index in [-0.39, 0.29) is 0 Å². The molecule has 0 saturated carbocycles. The molecule has 1 rings (SSSR count). The average Bonchev–Trinajstić information content (AvgIpc) is 2.35. The van der Waals surface area contributed by atoms with E-state index in [0.29, 0.717) is 0 Å². The quantitative estimate of drug-likeness (QED) is 0.439. The summed E-state index contributed by atoms with van der Waals surface area (Å²) in [6.45, 7) is 0. The van der Waals surface area contributed by atoms with Gasteiger partial charge in [0.25, 0.3) is 0 Å². The molecule has 0 heteroatoms. The summed E-state index contributed by atoms with van der Waals surface area (Å²) in [5.41, 5.74) is 0. The Labute approximate surface area is 108 Å². The zero-order valence-electron chi connectivity index (χ0n) is 11.5. The van der Waals surface area contributed by atoms with Crippen molar-refractivity contribution in [1.82, 2.24) is 0 Å². The molecule has 98 valence electrons. The van der Waals surface area contributed by atoms with Crippen LogP contribution in [-0.2, 0) is 0 Å². The lowest BCUT2D eigenvalue weighted by molar-refractivity contribution is 0.621. The monoisotopic (exact) mass is 234 g/mol. The molecule has 0 saturated heterocycles. The Morgan fingerprint density at radius 2 is 0.529 bits per heavy atom. The van der Waals surface area contributed by atoms with Crippen molar-refractivity contribution in [3.63, 3.8) is 0 Å². The Morgan fingerprint density at radius 3 is 0.824 bits per heavy atom. The van der Waals surface area contributed by atoms with E-state index in [0.717, 1.165) is 0 Å². The predicted molar refractivity (Wildman–Crippen MR) is 78.3 cm³/mol. The van der Waals surface area contributed by atoms with E-state index in [1.807, 2.05) is 0 Å². The second-order valence-corrected chi connectivity index (χ2v) is 5.28. The van der Waals surface area contributed by atoms with Crippen molar-refractivity contribution >= 4 is 0 Å². The van der Waals surface area contributed by atoms with E-state index in [1.54, 1.807) is 0 Å². The Bertz CT molecular complexity index is 178. The van der Waals surface area contributed by atoms with Gasteiger partial charge in [0, 0.05) is 0 Å². The third kappa shape index (κ3) is 10.4. The molecule has 0 spiro atoms. The van der Waals surface area contributed by atoms with Crippen molar-refractivity contribution < 1.29 is 0 Å². The topological polar surface area (TPSA) is 0 Å². The molecule has 0 fully saturated rings. The molecule has 1 aliphatic rings. The summed E-state index contributed by atoms with van der Waals surface area (Å²) in [4.78, 5) is 0. The lowest BCUT2D eigenvalue weighted by Gasteiger charge is -1.98. The average molecular weight is 234 g/mol. The fraction of sp³-hybridized carbons (Fsp3) is 0.765. The first-order chi connectivity index (χ1) is 8.50. The second-order valence-electron chi connectivity index (χ2n) is 5.28. The normalized spacial score (nSPS) is 25.9. The van der Waals surface area contributed by atoms with Gasteiger partial charge in [-0.15, -0.1) is 0 Å². The van der Waals surface area contributed by atoms with Gasteiger partial charge in [0.05, 0.1) is 0 Å². The number of allylic oxidation sites excluding steroid dienone is 4. The van der Waals surface area contributed by atoms with Crippen molar-refractivity contribution in [3.05, 3.63) is 24.3 Å². The Kier molecular flexibility index (Phi) is 10.2. The molecule has 0 nitrogen and oxygen atoms in total. The van der Waals surface area contributed by atoms with Crippen molar-refractivity contribution in [1.29, 1.82) is 0 Å². The van der Waals surface area contributed by atoms with Crippen molar-refractivity contribution in [3.8, 4) is 0 Å². The van der Waals surface area contributed by atoms with Crippen molar-refractivity contribution in [2.75, 3.05) is 0 Å². The first-order valence-electron chi connectivity index (χ1n) is 7.80. The molecule has 0 N–H and O–H groups in total. The fourth-order valence-corrected chi connectivity index (χ4v) is 2.40. The molecule has 0 aromatic heterocycles. The number of hydrogen-bond donors (Lipinski definition) is 0. The molecule has 0 unspecified atom stereocenters. The number of hydrogen-bond acceptors (Lipinski definition) is 0. The molecule has 1 aliphatic carbocycles. The summed E-state index contributed by atoms with van der Waals surface area (Å²) < 4.78 is 0. The summed E-state index contributed by atoms with van der Waals surface area (Å²) in [6.07, 6.45) is 27.5. The lowest BCUT2D eigenvalue weighted by atomic mass is 10.1. The first-order valence-corrected chi connectivity index (χ1v) is 7.80.